The van der Waals surface area contributed by atoms with E-state index in [4.69, 9.17) is 10.2 Å². The molecule has 1 aliphatic rings. The van der Waals surface area contributed by atoms with Crippen LogP contribution in [0.25, 0.3) is 11.1 Å². The molecule has 0 saturated carbocycles. The highest BCUT2D eigenvalue weighted by molar-refractivity contribution is 5.74. The summed E-state index contributed by atoms with van der Waals surface area (Å²) in [5.74, 6) is 1.27. The first kappa shape index (κ1) is 14.7. The highest BCUT2D eigenvalue weighted by Crippen LogP contribution is 2.25. The molecule has 1 saturated heterocycles. The average Bonchev–Trinajstić information content (AvgIpc) is 3.06. The fourth-order valence-electron chi connectivity index (χ4n) is 3.04. The molecular weight excluding hydrogens is 304 g/mol. The van der Waals surface area contributed by atoms with Gasteiger partial charge in [0.25, 0.3) is 6.01 Å². The zero-order valence-electron chi connectivity index (χ0n) is 13.6. The Bertz CT molecular complexity index is 820. The van der Waals surface area contributed by atoms with Crippen molar-refractivity contribution in [3.8, 4) is 0 Å². The van der Waals surface area contributed by atoms with Crippen molar-refractivity contribution in [2.45, 2.75) is 13.3 Å². The maximum atomic E-state index is 5.86. The van der Waals surface area contributed by atoms with Crippen LogP contribution in [0.5, 0.6) is 0 Å². The number of para-hydroxylation sites is 2. The molecule has 24 heavy (non-hydrogen) atoms. The van der Waals surface area contributed by atoms with Crippen molar-refractivity contribution in [1.82, 2.24) is 15.0 Å². The average molecular weight is 324 g/mol. The molecular formula is C17H20N6O. The molecule has 0 unspecified atom stereocenters. The lowest BCUT2D eigenvalue weighted by molar-refractivity contribution is 0.540. The van der Waals surface area contributed by atoms with Crippen LogP contribution in [0, 0.1) is 0 Å². The molecule has 2 N–H and O–H groups in total. The smallest absolute Gasteiger partial charge is 0.298 e. The molecule has 1 aromatic carbocycles. The minimum atomic E-state index is 0.323. The van der Waals surface area contributed by atoms with Gasteiger partial charge in [0.15, 0.2) is 5.58 Å². The number of aromatic nitrogens is 3. The first-order valence-electron chi connectivity index (χ1n) is 8.21. The van der Waals surface area contributed by atoms with Crippen LogP contribution >= 0.6 is 0 Å². The number of nitrogens with zero attached hydrogens (tertiary/aromatic N) is 5. The minimum absolute atomic E-state index is 0.323. The van der Waals surface area contributed by atoms with Crippen LogP contribution in [0.4, 0.5) is 17.8 Å². The Labute approximate surface area is 140 Å². The van der Waals surface area contributed by atoms with Crippen LogP contribution in [0.2, 0.25) is 0 Å². The van der Waals surface area contributed by atoms with Gasteiger partial charge in [-0.15, -0.1) is 0 Å². The molecule has 0 aliphatic carbocycles. The van der Waals surface area contributed by atoms with Gasteiger partial charge in [-0.05, 0) is 18.6 Å². The number of benzene rings is 1. The summed E-state index contributed by atoms with van der Waals surface area (Å²) >= 11 is 0. The van der Waals surface area contributed by atoms with E-state index < -0.39 is 0 Å². The normalized spacial score (nSPS) is 15.2. The van der Waals surface area contributed by atoms with Gasteiger partial charge in [-0.3, -0.25) is 0 Å². The van der Waals surface area contributed by atoms with Crippen molar-refractivity contribution < 1.29 is 4.42 Å². The van der Waals surface area contributed by atoms with Gasteiger partial charge in [0.1, 0.15) is 11.3 Å². The van der Waals surface area contributed by atoms with E-state index in [1.54, 1.807) is 0 Å². The van der Waals surface area contributed by atoms with Crippen LogP contribution in [0.3, 0.4) is 0 Å². The molecule has 0 amide bonds. The highest BCUT2D eigenvalue weighted by atomic mass is 16.4. The fraction of sp³-hybridized carbons (Fsp3) is 0.353. The van der Waals surface area contributed by atoms with E-state index in [9.17, 15) is 0 Å². The van der Waals surface area contributed by atoms with Crippen molar-refractivity contribution >= 4 is 28.9 Å². The number of nitrogens with two attached hydrogens (primary N) is 1. The predicted molar refractivity (Wildman–Crippen MR) is 94.3 cm³/mol. The van der Waals surface area contributed by atoms with E-state index in [1.807, 2.05) is 30.5 Å². The van der Waals surface area contributed by atoms with E-state index in [0.717, 1.165) is 55.1 Å². The quantitative estimate of drug-likeness (QED) is 0.789. The molecule has 3 aromatic rings. The molecule has 124 valence electrons. The van der Waals surface area contributed by atoms with Gasteiger partial charge in [-0.1, -0.05) is 19.1 Å². The van der Waals surface area contributed by atoms with E-state index in [1.165, 1.54) is 0 Å². The van der Waals surface area contributed by atoms with Crippen LogP contribution in [-0.4, -0.2) is 41.1 Å². The maximum Gasteiger partial charge on any atom is 0.298 e. The van der Waals surface area contributed by atoms with Gasteiger partial charge >= 0.3 is 0 Å². The monoisotopic (exact) mass is 324 g/mol. The van der Waals surface area contributed by atoms with Gasteiger partial charge < -0.3 is 20.0 Å². The summed E-state index contributed by atoms with van der Waals surface area (Å²) in [6, 6.07) is 8.53. The van der Waals surface area contributed by atoms with Crippen molar-refractivity contribution in [3.05, 3.63) is 36.0 Å². The SMILES string of the molecule is CCc1cnc(N)nc1N1CCN(c2nc3ccccc3o2)CC1. The zero-order valence-corrected chi connectivity index (χ0v) is 13.6. The first-order valence-corrected chi connectivity index (χ1v) is 8.21. The van der Waals surface area contributed by atoms with Crippen LogP contribution in [-0.2, 0) is 6.42 Å². The third kappa shape index (κ3) is 2.62. The molecule has 0 spiro atoms. The standard InChI is InChI=1S/C17H20N6O/c1-2-12-11-19-16(18)21-15(12)22-7-9-23(10-8-22)17-20-13-5-3-4-6-14(13)24-17/h3-6,11H,2,7-10H2,1H3,(H2,18,19,21). The molecule has 0 atom stereocenters. The Morgan fingerprint density at radius 2 is 1.83 bits per heavy atom. The molecule has 1 aliphatic heterocycles. The third-order valence-electron chi connectivity index (χ3n) is 4.37. The Morgan fingerprint density at radius 3 is 2.58 bits per heavy atom. The lowest BCUT2D eigenvalue weighted by Crippen LogP contribution is -2.47. The Hall–Kier alpha value is -2.83. The Morgan fingerprint density at radius 1 is 1.08 bits per heavy atom. The molecule has 7 heteroatoms. The van der Waals surface area contributed by atoms with Gasteiger partial charge in [0, 0.05) is 37.9 Å². The van der Waals surface area contributed by atoms with Crippen LogP contribution in [0.15, 0.2) is 34.9 Å². The van der Waals surface area contributed by atoms with Crippen molar-refractivity contribution in [2.75, 3.05) is 41.7 Å². The number of piperazine rings is 1. The van der Waals surface area contributed by atoms with Gasteiger partial charge in [-0.25, -0.2) is 4.98 Å². The molecule has 0 bridgehead atoms. The lowest BCUT2D eigenvalue weighted by Gasteiger charge is -2.35. The third-order valence-corrected chi connectivity index (χ3v) is 4.37. The summed E-state index contributed by atoms with van der Waals surface area (Å²) in [6.07, 6.45) is 2.71. The molecule has 0 radical (unpaired) electrons. The van der Waals surface area contributed by atoms with Gasteiger partial charge in [-0.2, -0.15) is 9.97 Å². The molecule has 4 rings (SSSR count). The van der Waals surface area contributed by atoms with Crippen LogP contribution in [0.1, 0.15) is 12.5 Å². The maximum absolute atomic E-state index is 5.86. The van der Waals surface area contributed by atoms with E-state index in [0.29, 0.717) is 12.0 Å². The Balaban J connectivity index is 1.51. The van der Waals surface area contributed by atoms with Crippen molar-refractivity contribution in [1.29, 1.82) is 0 Å². The number of fused-ring (bicyclic) bond motifs is 1. The molecule has 2 aromatic heterocycles. The number of rotatable bonds is 3. The second-order valence-corrected chi connectivity index (χ2v) is 5.87. The number of oxazole rings is 1. The van der Waals surface area contributed by atoms with Crippen molar-refractivity contribution in [2.24, 2.45) is 0 Å². The first-order chi connectivity index (χ1) is 11.7. The number of hydrogen-bond acceptors (Lipinski definition) is 7. The molecule has 7 nitrogen and oxygen atoms in total. The van der Waals surface area contributed by atoms with E-state index in [2.05, 4.69) is 31.7 Å². The number of nitrogen functional groups attached to an aromatic ring is 1. The summed E-state index contributed by atoms with van der Waals surface area (Å²) < 4.78 is 5.86. The summed E-state index contributed by atoms with van der Waals surface area (Å²) in [7, 11) is 0. The second-order valence-electron chi connectivity index (χ2n) is 5.87. The van der Waals surface area contributed by atoms with E-state index in [-0.39, 0.29) is 0 Å². The topological polar surface area (TPSA) is 84.3 Å². The highest BCUT2D eigenvalue weighted by Gasteiger charge is 2.23. The minimum Gasteiger partial charge on any atom is -0.423 e. The van der Waals surface area contributed by atoms with Gasteiger partial charge in [0.2, 0.25) is 5.95 Å². The zero-order chi connectivity index (χ0) is 16.5. The fourth-order valence-corrected chi connectivity index (χ4v) is 3.04. The summed E-state index contributed by atoms with van der Waals surface area (Å²) in [5.41, 5.74) is 8.61. The van der Waals surface area contributed by atoms with Crippen molar-refractivity contribution in [3.63, 3.8) is 0 Å². The number of anilines is 3. The molecule has 3 heterocycles. The van der Waals surface area contributed by atoms with Gasteiger partial charge in [0.05, 0.1) is 0 Å². The summed E-state index contributed by atoms with van der Waals surface area (Å²) in [4.78, 5) is 17.5. The largest absolute Gasteiger partial charge is 0.423 e. The summed E-state index contributed by atoms with van der Waals surface area (Å²) in [5, 5.41) is 0. The van der Waals surface area contributed by atoms with Crippen LogP contribution < -0.4 is 15.5 Å². The molecule has 1 fully saturated rings. The number of aryl methyl sites for hydroxylation is 1. The second kappa shape index (κ2) is 5.99. The predicted octanol–water partition coefficient (Wildman–Crippen LogP) is 2.09. The Kier molecular flexibility index (Phi) is 3.68. The summed E-state index contributed by atoms with van der Waals surface area (Å²) in [6.45, 7) is 5.47. The number of hydrogen-bond donors (Lipinski definition) is 1. The lowest BCUT2D eigenvalue weighted by atomic mass is 10.2. The van der Waals surface area contributed by atoms with E-state index >= 15 is 0 Å².